The van der Waals surface area contributed by atoms with Gasteiger partial charge in [-0.1, -0.05) is 6.92 Å². The number of pyridine rings is 2. The second-order valence-corrected chi connectivity index (χ2v) is 7.34. The molecule has 0 bridgehead atoms. The van der Waals surface area contributed by atoms with E-state index in [-0.39, 0.29) is 17.4 Å². The highest BCUT2D eigenvalue weighted by Crippen LogP contribution is 2.29. The summed E-state index contributed by atoms with van der Waals surface area (Å²) in [5.74, 6) is 1.09. The van der Waals surface area contributed by atoms with E-state index >= 15 is 0 Å². The van der Waals surface area contributed by atoms with E-state index in [9.17, 15) is 10.1 Å². The molecule has 0 aliphatic carbocycles. The lowest BCUT2D eigenvalue weighted by molar-refractivity contribution is -0.384. The number of nitrogen functional groups attached to an aromatic ring is 1. The summed E-state index contributed by atoms with van der Waals surface area (Å²) < 4.78 is 1.44. The summed E-state index contributed by atoms with van der Waals surface area (Å²) >= 11 is 6.69. The lowest BCUT2D eigenvalue weighted by atomic mass is 10.0. The highest BCUT2D eigenvalue weighted by molar-refractivity contribution is 9.10. The lowest BCUT2D eigenvalue weighted by Gasteiger charge is -2.15. The van der Waals surface area contributed by atoms with E-state index < -0.39 is 4.92 Å². The topological polar surface area (TPSA) is 119 Å². The standard InChI is InChI=1S/C15H18Br2N6O2/c1-8(6-20-14-11(18)4-9(16)7-21-14)3-12-10(17)5-13(23(24)25)15(19-2)22-12/h4-5,7-8H,3,6,18H2,1-2H3,(H,19,22)(H,20,21)/t8-/m1/s1. The van der Waals surface area contributed by atoms with Gasteiger partial charge in [-0.05, 0) is 50.3 Å². The molecule has 2 heterocycles. The Morgan fingerprint density at radius 1 is 1.36 bits per heavy atom. The van der Waals surface area contributed by atoms with Crippen molar-refractivity contribution in [2.75, 3.05) is 30.0 Å². The predicted octanol–water partition coefficient (Wildman–Crippen LogP) is 3.82. The van der Waals surface area contributed by atoms with Gasteiger partial charge in [-0.15, -0.1) is 0 Å². The molecule has 0 aromatic carbocycles. The minimum absolute atomic E-state index is 0.0595. The van der Waals surface area contributed by atoms with Crippen LogP contribution in [0, 0.1) is 16.0 Å². The third kappa shape index (κ3) is 5.02. The van der Waals surface area contributed by atoms with Gasteiger partial charge in [-0.2, -0.15) is 0 Å². The van der Waals surface area contributed by atoms with Crippen LogP contribution in [0.25, 0.3) is 0 Å². The third-order valence-electron chi connectivity index (χ3n) is 3.51. The van der Waals surface area contributed by atoms with Crippen molar-refractivity contribution in [3.8, 4) is 0 Å². The number of nitro groups is 1. The molecule has 0 fully saturated rings. The zero-order valence-corrected chi connectivity index (χ0v) is 16.9. The maximum atomic E-state index is 11.1. The Hall–Kier alpha value is -1.94. The molecule has 2 aromatic rings. The molecule has 0 unspecified atom stereocenters. The Bertz CT molecular complexity index is 787. The molecule has 10 heteroatoms. The zero-order chi connectivity index (χ0) is 18.6. The molecule has 0 radical (unpaired) electrons. The van der Waals surface area contributed by atoms with Gasteiger partial charge in [-0.25, -0.2) is 9.97 Å². The second-order valence-electron chi connectivity index (χ2n) is 5.57. The summed E-state index contributed by atoms with van der Waals surface area (Å²) in [6.07, 6.45) is 2.31. The van der Waals surface area contributed by atoms with E-state index in [1.807, 2.05) is 0 Å². The highest BCUT2D eigenvalue weighted by atomic mass is 79.9. The first kappa shape index (κ1) is 19.4. The van der Waals surface area contributed by atoms with Gasteiger partial charge in [0, 0.05) is 34.8 Å². The van der Waals surface area contributed by atoms with Crippen LogP contribution in [0.2, 0.25) is 0 Å². The number of anilines is 3. The Labute approximate surface area is 162 Å². The summed E-state index contributed by atoms with van der Waals surface area (Å²) in [7, 11) is 1.61. The fraction of sp³-hybridized carbons (Fsp3) is 0.333. The van der Waals surface area contributed by atoms with Gasteiger partial charge in [0.1, 0.15) is 5.82 Å². The quantitative estimate of drug-likeness (QED) is 0.413. The normalized spacial score (nSPS) is 11.8. The molecule has 134 valence electrons. The zero-order valence-electron chi connectivity index (χ0n) is 13.7. The Morgan fingerprint density at radius 2 is 2.08 bits per heavy atom. The van der Waals surface area contributed by atoms with E-state index in [0.29, 0.717) is 28.9 Å². The monoisotopic (exact) mass is 472 g/mol. The second kappa shape index (κ2) is 8.43. The van der Waals surface area contributed by atoms with Gasteiger partial charge >= 0.3 is 5.69 Å². The molecule has 0 amide bonds. The van der Waals surface area contributed by atoms with E-state index in [4.69, 9.17) is 5.73 Å². The molecule has 4 N–H and O–H groups in total. The maximum Gasteiger partial charge on any atom is 0.312 e. The van der Waals surface area contributed by atoms with Gasteiger partial charge in [0.05, 0.1) is 16.3 Å². The molecule has 2 aromatic heterocycles. The van der Waals surface area contributed by atoms with Gasteiger partial charge in [-0.3, -0.25) is 10.1 Å². The fourth-order valence-electron chi connectivity index (χ4n) is 2.26. The first-order valence-corrected chi connectivity index (χ1v) is 9.06. The SMILES string of the molecule is CNc1nc(C[C@@H](C)CNc2ncc(Br)cc2N)c(Br)cc1[N+](=O)[O-]. The summed E-state index contributed by atoms with van der Waals surface area (Å²) in [5.41, 5.74) is 7.18. The number of aromatic nitrogens is 2. The predicted molar refractivity (Wildman–Crippen MR) is 106 cm³/mol. The number of nitrogens with zero attached hydrogens (tertiary/aromatic N) is 3. The van der Waals surface area contributed by atoms with Gasteiger partial charge < -0.3 is 16.4 Å². The number of rotatable bonds is 7. The molecule has 0 aliphatic rings. The van der Waals surface area contributed by atoms with Crippen LogP contribution in [-0.2, 0) is 6.42 Å². The molecule has 0 spiro atoms. The average molecular weight is 474 g/mol. The maximum absolute atomic E-state index is 11.1. The van der Waals surface area contributed by atoms with Gasteiger partial charge in [0.25, 0.3) is 0 Å². The molecular weight excluding hydrogens is 456 g/mol. The number of nitrogens with one attached hydrogen (secondary N) is 2. The summed E-state index contributed by atoms with van der Waals surface area (Å²) in [4.78, 5) is 19.2. The largest absolute Gasteiger partial charge is 0.396 e. The number of halogens is 2. The van der Waals surface area contributed by atoms with Crippen LogP contribution in [0.5, 0.6) is 0 Å². The van der Waals surface area contributed by atoms with Gasteiger partial charge in [0.15, 0.2) is 0 Å². The molecule has 1 atom stereocenters. The lowest BCUT2D eigenvalue weighted by Crippen LogP contribution is -2.16. The molecule has 0 saturated carbocycles. The average Bonchev–Trinajstić information content (AvgIpc) is 2.55. The van der Waals surface area contributed by atoms with Crippen LogP contribution >= 0.6 is 31.9 Å². The van der Waals surface area contributed by atoms with Crippen LogP contribution in [0.1, 0.15) is 12.6 Å². The summed E-state index contributed by atoms with van der Waals surface area (Å²) in [5, 5.41) is 17.0. The molecule has 0 aliphatic heterocycles. The number of hydrogen-bond donors (Lipinski definition) is 3. The van der Waals surface area contributed by atoms with Crippen LogP contribution in [0.3, 0.4) is 0 Å². The fourth-order valence-corrected chi connectivity index (χ4v) is 3.08. The van der Waals surface area contributed by atoms with Crippen molar-refractivity contribution in [1.29, 1.82) is 0 Å². The van der Waals surface area contributed by atoms with Crippen molar-refractivity contribution < 1.29 is 4.92 Å². The first-order chi connectivity index (χ1) is 11.8. The van der Waals surface area contributed by atoms with Crippen LogP contribution < -0.4 is 16.4 Å². The third-order valence-corrected chi connectivity index (χ3v) is 4.63. The van der Waals surface area contributed by atoms with Gasteiger partial charge in [0.2, 0.25) is 5.82 Å². The smallest absolute Gasteiger partial charge is 0.312 e. The van der Waals surface area contributed by atoms with Crippen molar-refractivity contribution in [2.45, 2.75) is 13.3 Å². The van der Waals surface area contributed by atoms with Crippen molar-refractivity contribution in [3.63, 3.8) is 0 Å². The van der Waals surface area contributed by atoms with E-state index in [2.05, 4.69) is 59.4 Å². The Kier molecular flexibility index (Phi) is 6.54. The summed E-state index contributed by atoms with van der Waals surface area (Å²) in [6.45, 7) is 2.69. The van der Waals surface area contributed by atoms with E-state index in [0.717, 1.165) is 10.2 Å². The minimum Gasteiger partial charge on any atom is -0.396 e. The van der Waals surface area contributed by atoms with E-state index in [1.54, 1.807) is 19.3 Å². The Balaban J connectivity index is 2.07. The molecular formula is C15H18Br2N6O2. The minimum atomic E-state index is -0.458. The molecule has 0 saturated heterocycles. The summed E-state index contributed by atoms with van der Waals surface area (Å²) in [6, 6.07) is 3.26. The molecule has 2 rings (SSSR count). The van der Waals surface area contributed by atoms with E-state index in [1.165, 1.54) is 6.07 Å². The molecule has 8 nitrogen and oxygen atoms in total. The highest BCUT2D eigenvalue weighted by Gasteiger charge is 2.19. The van der Waals surface area contributed by atoms with Crippen molar-refractivity contribution in [2.24, 2.45) is 5.92 Å². The van der Waals surface area contributed by atoms with Crippen LogP contribution in [-0.4, -0.2) is 28.5 Å². The number of hydrogen-bond acceptors (Lipinski definition) is 7. The van der Waals surface area contributed by atoms with Crippen molar-refractivity contribution in [3.05, 3.63) is 43.1 Å². The van der Waals surface area contributed by atoms with Crippen molar-refractivity contribution >= 4 is 54.9 Å². The van der Waals surface area contributed by atoms with Crippen LogP contribution in [0.4, 0.5) is 23.0 Å². The molecule has 25 heavy (non-hydrogen) atoms. The van der Waals surface area contributed by atoms with Crippen LogP contribution in [0.15, 0.2) is 27.3 Å². The first-order valence-electron chi connectivity index (χ1n) is 7.48. The van der Waals surface area contributed by atoms with Crippen molar-refractivity contribution in [1.82, 2.24) is 9.97 Å². The number of nitrogens with two attached hydrogens (primary N) is 1. The Morgan fingerprint density at radius 3 is 2.68 bits per heavy atom.